The maximum atomic E-state index is 16.2. The molecule has 0 unspecified atom stereocenters. The second kappa shape index (κ2) is 29.6. The molecule has 0 spiro atoms. The molecule has 7 heterocycles. The van der Waals surface area contributed by atoms with E-state index in [1.165, 1.54) is 12.3 Å². The summed E-state index contributed by atoms with van der Waals surface area (Å²) in [7, 11) is 1.58. The molecule has 0 radical (unpaired) electrons. The van der Waals surface area contributed by atoms with Crippen LogP contribution in [0.15, 0.2) is 91.3 Å². The highest BCUT2D eigenvalue weighted by Crippen LogP contribution is 2.42. The number of nitrogens with one attached hydrogen (secondary N) is 6. The first-order valence-electron chi connectivity index (χ1n) is 29.9. The molecule has 6 N–H and O–H groups in total. The van der Waals surface area contributed by atoms with Gasteiger partial charge in [-0.1, -0.05) is 40.7 Å². The van der Waals surface area contributed by atoms with Crippen molar-refractivity contribution in [2.75, 3.05) is 128 Å². The zero-order valence-electron chi connectivity index (χ0n) is 50.0. The maximum absolute atomic E-state index is 16.2. The summed E-state index contributed by atoms with van der Waals surface area (Å²) < 4.78 is 39.9. The lowest BCUT2D eigenvalue weighted by atomic mass is 9.88. The molecule has 7 aromatic rings. The first-order chi connectivity index (χ1) is 43.2. The molecule has 4 aromatic carbocycles. The molecule has 27 heteroatoms. The fourth-order valence-electron chi connectivity index (χ4n) is 11.4. The molecule has 3 aromatic heterocycles. The Morgan fingerprint density at radius 3 is 2.24 bits per heavy atom. The second-order valence-corrected chi connectivity index (χ2v) is 22.5. The first kappa shape index (κ1) is 63.4. The van der Waals surface area contributed by atoms with Gasteiger partial charge < -0.3 is 55.7 Å². The van der Waals surface area contributed by atoms with Crippen molar-refractivity contribution in [3.63, 3.8) is 0 Å². The van der Waals surface area contributed by atoms with Crippen LogP contribution in [0.4, 0.5) is 33.2 Å². The predicted molar refractivity (Wildman–Crippen MR) is 333 cm³/mol. The van der Waals surface area contributed by atoms with E-state index in [4.69, 9.17) is 40.7 Å². The number of anilines is 5. The van der Waals surface area contributed by atoms with Crippen molar-refractivity contribution < 1.29 is 52.1 Å². The summed E-state index contributed by atoms with van der Waals surface area (Å²) in [5.74, 6) is -2.34. The molecule has 4 bridgehead atoms. The number of hydrogen-bond acceptors (Lipinski definition) is 18. The summed E-state index contributed by atoms with van der Waals surface area (Å²) in [6.07, 6.45) is 3.63. The summed E-state index contributed by atoms with van der Waals surface area (Å²) in [6.45, 7) is 10.2. The minimum absolute atomic E-state index is 0.0508. The van der Waals surface area contributed by atoms with Crippen molar-refractivity contribution >= 4 is 97.7 Å². The number of quaternary nitrogens is 1. The summed E-state index contributed by atoms with van der Waals surface area (Å²) in [5.41, 5.74) is 5.65. The van der Waals surface area contributed by atoms with E-state index in [2.05, 4.69) is 63.8 Å². The summed E-state index contributed by atoms with van der Waals surface area (Å²) in [6, 6.07) is 23.7. The van der Waals surface area contributed by atoms with Crippen molar-refractivity contribution in [1.29, 1.82) is 0 Å². The van der Waals surface area contributed by atoms with Crippen LogP contribution in [0.25, 0.3) is 32.9 Å². The molecule has 5 amide bonds. The van der Waals surface area contributed by atoms with E-state index in [-0.39, 0.29) is 85.5 Å². The number of fused-ring (bicyclic) bond motifs is 2. The number of benzene rings is 4. The van der Waals surface area contributed by atoms with Crippen molar-refractivity contribution in [3.05, 3.63) is 113 Å². The fourth-order valence-corrected chi connectivity index (χ4v) is 11.5. The standard InChI is InChI=1S/C62H73ClFN15O10/c1-40(2)89-57(84)38-68-54(81)37-67-55(82)39-77-51-10-6-8-45-47-34-52-42(33-49(47)64)35-70-78(52)79(25-17-41(18-26-79)59(74-77)58(45)51)56(83)16-15-53(80)66-19-27-86-29-31-88-32-30-87-28-24-75-20-22-76(23-21-75)44-13-11-43(12-14-44)71-62-69-36-48(63)60(73-62)72-50-9-5-4-7-46(50)61(85)65-3/h4-14,33-36,40-41H,15-32,37-39H2,1-3H3,(H5-,65,66,67,68,69,71,72,73,80,81,82,85)/p+1. The number of para-hydroxylation sites is 1. The second-order valence-electron chi connectivity index (χ2n) is 22.1. The van der Waals surface area contributed by atoms with Crippen LogP contribution in [0, 0.1) is 5.82 Å². The monoisotopic (exact) mass is 1240 g/mol. The minimum atomic E-state index is -0.595. The van der Waals surface area contributed by atoms with Crippen LogP contribution in [0.2, 0.25) is 5.02 Å². The molecule has 0 saturated carbocycles. The Bertz CT molecular complexity index is 3680. The van der Waals surface area contributed by atoms with Crippen molar-refractivity contribution in [2.24, 2.45) is 0 Å². The highest BCUT2D eigenvalue weighted by atomic mass is 35.5. The Hall–Kier alpha value is -8.66. The van der Waals surface area contributed by atoms with Crippen LogP contribution in [0.3, 0.4) is 0 Å². The number of aromatic nitrogens is 6. The van der Waals surface area contributed by atoms with E-state index in [0.29, 0.717) is 120 Å². The number of hydrogen-bond donors (Lipinski definition) is 6. The molecular formula is C62H74ClFN15O10+. The van der Waals surface area contributed by atoms with Gasteiger partial charge in [0.05, 0.1) is 93.6 Å². The molecule has 89 heavy (non-hydrogen) atoms. The Labute approximate surface area is 518 Å². The van der Waals surface area contributed by atoms with Gasteiger partial charge in [0, 0.05) is 99.2 Å². The Balaban J connectivity index is 0.607. The Kier molecular flexibility index (Phi) is 21.0. The number of carbonyl (C=O) groups is 6. The number of ether oxygens (including phenoxy) is 4. The van der Waals surface area contributed by atoms with Crippen LogP contribution in [0.1, 0.15) is 61.5 Å². The van der Waals surface area contributed by atoms with Crippen molar-refractivity contribution in [1.82, 2.24) is 60.4 Å². The highest BCUT2D eigenvalue weighted by Gasteiger charge is 2.46. The number of piperidine rings is 1. The van der Waals surface area contributed by atoms with Crippen LogP contribution in [-0.4, -0.2) is 188 Å². The third-order valence-electron chi connectivity index (χ3n) is 15.9. The molecule has 4 aliphatic rings. The van der Waals surface area contributed by atoms with Gasteiger partial charge in [-0.15, -0.1) is 9.69 Å². The van der Waals surface area contributed by atoms with Crippen LogP contribution < -0.4 is 41.4 Å². The van der Waals surface area contributed by atoms with Crippen molar-refractivity contribution in [2.45, 2.75) is 58.1 Å². The molecule has 4 aliphatic heterocycles. The van der Waals surface area contributed by atoms with Crippen molar-refractivity contribution in [3.8, 4) is 11.1 Å². The lowest BCUT2D eigenvalue weighted by Gasteiger charge is -2.39. The normalized spacial score (nSPS) is 16.3. The molecule has 2 fully saturated rings. The maximum Gasteiger partial charge on any atom is 0.340 e. The molecule has 2 saturated heterocycles. The SMILES string of the molecule is CNC(=O)c1ccccc1Nc1nc(Nc2ccc(N3CCN(CCOCCOCCOCCNC(=O)CCC(=O)[N+]45CCC(CC4)c4nn(CC(=O)NCC(=O)NCC(=O)OC(C)C)c6cccc(c46)-c4cc6c(cnn65)cc4F)CC3)cc2)ncc1Cl. The van der Waals surface area contributed by atoms with E-state index in [0.717, 1.165) is 44.1 Å². The first-order valence-corrected chi connectivity index (χ1v) is 30.3. The van der Waals surface area contributed by atoms with Gasteiger partial charge in [-0.05, 0) is 74.0 Å². The Morgan fingerprint density at radius 1 is 0.753 bits per heavy atom. The molecule has 11 rings (SSSR count). The number of carbonyl (C=O) groups excluding carboxylic acids is 6. The van der Waals surface area contributed by atoms with Gasteiger partial charge >= 0.3 is 11.9 Å². The third kappa shape index (κ3) is 15.6. The quantitative estimate of drug-likeness (QED) is 0.0206. The average molecular weight is 1240 g/mol. The fraction of sp³-hybridized carbons (Fsp3) is 0.419. The third-order valence-corrected chi connectivity index (χ3v) is 16.1. The topological polar surface area (TPSA) is 279 Å². The molecule has 470 valence electrons. The van der Waals surface area contributed by atoms with Crippen LogP contribution >= 0.6 is 11.6 Å². The van der Waals surface area contributed by atoms with E-state index in [1.54, 1.807) is 66.9 Å². The molecule has 25 nitrogen and oxygen atoms in total. The van der Waals surface area contributed by atoms with E-state index in [1.807, 2.05) is 30.3 Å². The van der Waals surface area contributed by atoms with Gasteiger partial charge in [0.1, 0.15) is 42.5 Å². The van der Waals surface area contributed by atoms with Crippen LogP contribution in [-0.2, 0) is 49.5 Å². The molecular weight excluding hydrogens is 1170 g/mol. The summed E-state index contributed by atoms with van der Waals surface area (Å²) in [4.78, 5) is 92.9. The largest absolute Gasteiger partial charge is 0.462 e. The summed E-state index contributed by atoms with van der Waals surface area (Å²) >= 11 is 6.42. The number of piperazine rings is 1. The number of nitrogens with zero attached hydrogens (tertiary/aromatic N) is 9. The molecule has 0 aliphatic carbocycles. The Morgan fingerprint density at radius 2 is 1.48 bits per heavy atom. The van der Waals surface area contributed by atoms with E-state index < -0.39 is 23.6 Å². The number of esters is 1. The van der Waals surface area contributed by atoms with E-state index in [9.17, 15) is 28.8 Å². The predicted octanol–water partition coefficient (Wildman–Crippen LogP) is 5.29. The average Bonchev–Trinajstić information content (AvgIpc) is 1.73. The van der Waals surface area contributed by atoms with Gasteiger partial charge in [-0.3, -0.25) is 33.6 Å². The van der Waals surface area contributed by atoms with Gasteiger partial charge in [-0.2, -0.15) is 10.1 Å². The van der Waals surface area contributed by atoms with Crippen LogP contribution in [0.5, 0.6) is 0 Å². The van der Waals surface area contributed by atoms with Gasteiger partial charge in [-0.25, -0.2) is 14.2 Å². The van der Waals surface area contributed by atoms with Gasteiger partial charge in [0.15, 0.2) is 5.82 Å². The lowest BCUT2D eigenvalue weighted by molar-refractivity contribution is -0.147. The van der Waals surface area contributed by atoms with Gasteiger partial charge in [0.25, 0.3) is 5.91 Å². The number of amides is 5. The van der Waals surface area contributed by atoms with Gasteiger partial charge in [0.2, 0.25) is 23.7 Å². The number of rotatable bonds is 28. The zero-order valence-corrected chi connectivity index (χ0v) is 50.8. The lowest BCUT2D eigenvalue weighted by Crippen LogP contribution is -2.65. The number of halogens is 2. The highest BCUT2D eigenvalue weighted by molar-refractivity contribution is 6.33. The summed E-state index contributed by atoms with van der Waals surface area (Å²) in [5, 5.41) is 28.1. The van der Waals surface area contributed by atoms with E-state index >= 15 is 4.39 Å². The minimum Gasteiger partial charge on any atom is -0.462 e. The molecule has 0 atom stereocenters. The smallest absolute Gasteiger partial charge is 0.340 e. The zero-order chi connectivity index (χ0) is 62.4.